The normalized spacial score (nSPS) is 11.4. The minimum absolute atomic E-state index is 0.455. The number of rotatable bonds is 10. The van der Waals surface area contributed by atoms with E-state index in [1.54, 1.807) is 7.11 Å². The van der Waals surface area contributed by atoms with Crippen LogP contribution < -0.4 is 15.4 Å². The van der Waals surface area contributed by atoms with E-state index in [9.17, 15) is 0 Å². The second-order valence-electron chi connectivity index (χ2n) is 5.75. The molecular weight excluding hydrogens is 332 g/mol. The summed E-state index contributed by atoms with van der Waals surface area (Å²) in [5.41, 5.74) is 0. The summed E-state index contributed by atoms with van der Waals surface area (Å²) in [6, 6.07) is 9.75. The second-order valence-corrected chi connectivity index (χ2v) is 5.75. The van der Waals surface area contributed by atoms with Crippen LogP contribution in [0.25, 0.3) is 0 Å². The van der Waals surface area contributed by atoms with Crippen molar-refractivity contribution < 1.29 is 9.47 Å². The van der Waals surface area contributed by atoms with Gasteiger partial charge in [-0.25, -0.2) is 4.99 Å². The summed E-state index contributed by atoms with van der Waals surface area (Å²) in [6.45, 7) is 5.05. The molecule has 0 amide bonds. The van der Waals surface area contributed by atoms with Crippen molar-refractivity contribution in [2.45, 2.75) is 19.9 Å². The Morgan fingerprint density at radius 3 is 2.58 bits per heavy atom. The van der Waals surface area contributed by atoms with Gasteiger partial charge in [0, 0.05) is 27.3 Å². The van der Waals surface area contributed by atoms with Crippen molar-refractivity contribution in [2.24, 2.45) is 12.0 Å². The molecule has 1 heterocycles. The highest BCUT2D eigenvalue weighted by Gasteiger charge is 2.05. The van der Waals surface area contributed by atoms with Gasteiger partial charge in [-0.2, -0.15) is 0 Å². The van der Waals surface area contributed by atoms with Gasteiger partial charge < -0.3 is 24.7 Å². The lowest BCUT2D eigenvalue weighted by molar-refractivity contribution is 0.195. The van der Waals surface area contributed by atoms with Gasteiger partial charge in [0.05, 0.1) is 6.54 Å². The van der Waals surface area contributed by atoms with Crippen LogP contribution in [0.4, 0.5) is 0 Å². The van der Waals surface area contributed by atoms with Gasteiger partial charge in [0.25, 0.3) is 0 Å². The first-order valence-electron chi connectivity index (χ1n) is 8.74. The standard InChI is InChI=1S/C18H28N6O2/c1-15-22-23-17(24(15)2)14-21-18(19-10-7-12-25-3)20-11-13-26-16-8-5-4-6-9-16/h4-6,8-9H,7,10-14H2,1-3H3,(H2,19,20,21). The summed E-state index contributed by atoms with van der Waals surface area (Å²) in [4.78, 5) is 4.59. The number of para-hydroxylation sites is 1. The molecule has 1 aromatic heterocycles. The molecule has 0 unspecified atom stereocenters. The van der Waals surface area contributed by atoms with E-state index >= 15 is 0 Å². The van der Waals surface area contributed by atoms with Crippen molar-refractivity contribution >= 4 is 5.96 Å². The van der Waals surface area contributed by atoms with E-state index in [0.717, 1.165) is 36.3 Å². The number of benzene rings is 1. The molecule has 0 radical (unpaired) electrons. The maximum atomic E-state index is 5.69. The SMILES string of the molecule is COCCCNC(=NCc1nnc(C)n1C)NCCOc1ccccc1. The van der Waals surface area contributed by atoms with E-state index in [1.165, 1.54) is 0 Å². The van der Waals surface area contributed by atoms with Crippen LogP contribution in [-0.4, -0.2) is 54.1 Å². The van der Waals surface area contributed by atoms with E-state index in [2.05, 4.69) is 25.8 Å². The zero-order valence-corrected chi connectivity index (χ0v) is 15.7. The molecule has 26 heavy (non-hydrogen) atoms. The lowest BCUT2D eigenvalue weighted by atomic mass is 10.3. The number of aliphatic imine (C=N–C) groups is 1. The Hall–Kier alpha value is -2.61. The van der Waals surface area contributed by atoms with Gasteiger partial charge in [0.1, 0.15) is 24.7 Å². The average Bonchev–Trinajstić information content (AvgIpc) is 2.98. The van der Waals surface area contributed by atoms with Crippen LogP contribution >= 0.6 is 0 Å². The van der Waals surface area contributed by atoms with Crippen LogP contribution in [0.1, 0.15) is 18.1 Å². The number of nitrogens with one attached hydrogen (secondary N) is 2. The molecule has 0 bridgehead atoms. The van der Waals surface area contributed by atoms with E-state index in [4.69, 9.17) is 9.47 Å². The fraction of sp³-hybridized carbons (Fsp3) is 0.500. The first-order valence-corrected chi connectivity index (χ1v) is 8.74. The van der Waals surface area contributed by atoms with E-state index < -0.39 is 0 Å². The molecule has 1 aromatic carbocycles. The Balaban J connectivity index is 1.83. The Morgan fingerprint density at radius 1 is 1.12 bits per heavy atom. The summed E-state index contributed by atoms with van der Waals surface area (Å²) >= 11 is 0. The summed E-state index contributed by atoms with van der Waals surface area (Å²) in [6.07, 6.45) is 0.904. The van der Waals surface area contributed by atoms with Crippen LogP contribution in [0.5, 0.6) is 5.75 Å². The van der Waals surface area contributed by atoms with Gasteiger partial charge in [0.15, 0.2) is 11.8 Å². The number of methoxy groups -OCH3 is 1. The number of hydrogen-bond acceptors (Lipinski definition) is 5. The van der Waals surface area contributed by atoms with Crippen LogP contribution in [0.15, 0.2) is 35.3 Å². The van der Waals surface area contributed by atoms with Crippen molar-refractivity contribution in [3.63, 3.8) is 0 Å². The Bertz CT molecular complexity index is 672. The fourth-order valence-electron chi connectivity index (χ4n) is 2.19. The average molecular weight is 360 g/mol. The van der Waals surface area contributed by atoms with Gasteiger partial charge in [-0.05, 0) is 25.5 Å². The zero-order valence-electron chi connectivity index (χ0n) is 15.7. The van der Waals surface area contributed by atoms with Gasteiger partial charge in [0.2, 0.25) is 0 Å². The minimum atomic E-state index is 0.455. The summed E-state index contributed by atoms with van der Waals surface area (Å²) in [5, 5.41) is 14.8. The number of hydrogen-bond donors (Lipinski definition) is 2. The molecule has 2 aromatic rings. The van der Waals surface area contributed by atoms with Crippen molar-refractivity contribution in [3.8, 4) is 5.75 Å². The predicted octanol–water partition coefficient (Wildman–Crippen LogP) is 1.27. The molecule has 0 saturated heterocycles. The first kappa shape index (κ1) is 19.7. The molecule has 2 N–H and O–H groups in total. The van der Waals surface area contributed by atoms with Gasteiger partial charge in [-0.3, -0.25) is 0 Å². The maximum Gasteiger partial charge on any atom is 0.191 e. The summed E-state index contributed by atoms with van der Waals surface area (Å²) in [7, 11) is 3.64. The predicted molar refractivity (Wildman–Crippen MR) is 101 cm³/mol. The third-order valence-electron chi connectivity index (χ3n) is 3.79. The Kier molecular flexibility index (Phi) is 8.41. The van der Waals surface area contributed by atoms with Crippen molar-refractivity contribution in [3.05, 3.63) is 42.0 Å². The Morgan fingerprint density at radius 2 is 1.88 bits per heavy atom. The highest BCUT2D eigenvalue weighted by Crippen LogP contribution is 2.07. The molecule has 8 nitrogen and oxygen atoms in total. The largest absolute Gasteiger partial charge is 0.492 e. The lowest BCUT2D eigenvalue weighted by Gasteiger charge is -2.13. The minimum Gasteiger partial charge on any atom is -0.492 e. The smallest absolute Gasteiger partial charge is 0.191 e. The van der Waals surface area contributed by atoms with Crippen LogP contribution in [-0.2, 0) is 18.3 Å². The zero-order chi connectivity index (χ0) is 18.6. The maximum absolute atomic E-state index is 5.69. The van der Waals surface area contributed by atoms with E-state index in [1.807, 2.05) is 48.9 Å². The third-order valence-corrected chi connectivity index (χ3v) is 3.79. The summed E-state index contributed by atoms with van der Waals surface area (Å²) < 4.78 is 12.7. The molecule has 0 atom stereocenters. The van der Waals surface area contributed by atoms with Gasteiger partial charge in [-0.15, -0.1) is 10.2 Å². The number of ether oxygens (including phenoxy) is 2. The molecule has 0 saturated carbocycles. The van der Waals surface area contributed by atoms with Crippen molar-refractivity contribution in [2.75, 3.05) is 33.4 Å². The first-order chi connectivity index (χ1) is 12.7. The van der Waals surface area contributed by atoms with E-state index in [-0.39, 0.29) is 0 Å². The highest BCUT2D eigenvalue weighted by atomic mass is 16.5. The van der Waals surface area contributed by atoms with Crippen LogP contribution in [0.3, 0.4) is 0 Å². The number of guanidine groups is 1. The number of aryl methyl sites for hydroxylation is 1. The molecule has 0 aliphatic heterocycles. The van der Waals surface area contributed by atoms with Crippen molar-refractivity contribution in [1.29, 1.82) is 0 Å². The molecule has 0 spiro atoms. The van der Waals surface area contributed by atoms with Crippen LogP contribution in [0.2, 0.25) is 0 Å². The number of nitrogens with zero attached hydrogens (tertiary/aromatic N) is 4. The number of aromatic nitrogens is 3. The summed E-state index contributed by atoms with van der Waals surface area (Å²) in [5.74, 6) is 3.27. The molecule has 0 aliphatic rings. The molecule has 2 rings (SSSR count). The van der Waals surface area contributed by atoms with Crippen LogP contribution in [0, 0.1) is 6.92 Å². The molecular formula is C18H28N6O2. The lowest BCUT2D eigenvalue weighted by Crippen LogP contribution is -2.40. The second kappa shape index (κ2) is 11.1. The van der Waals surface area contributed by atoms with E-state index in [0.29, 0.717) is 26.3 Å². The molecule has 0 fully saturated rings. The van der Waals surface area contributed by atoms with Gasteiger partial charge in [-0.1, -0.05) is 18.2 Å². The monoisotopic (exact) mass is 360 g/mol. The molecule has 8 heteroatoms. The fourth-order valence-corrected chi connectivity index (χ4v) is 2.19. The molecule has 142 valence electrons. The topological polar surface area (TPSA) is 85.6 Å². The quantitative estimate of drug-likeness (QED) is 0.377. The Labute approximate surface area is 154 Å². The van der Waals surface area contributed by atoms with Crippen molar-refractivity contribution in [1.82, 2.24) is 25.4 Å². The third kappa shape index (κ3) is 6.72. The molecule has 0 aliphatic carbocycles. The highest BCUT2D eigenvalue weighted by molar-refractivity contribution is 5.79. The van der Waals surface area contributed by atoms with Gasteiger partial charge >= 0.3 is 0 Å².